The lowest BCUT2D eigenvalue weighted by atomic mass is 10.0. The van der Waals surface area contributed by atoms with E-state index in [0.717, 1.165) is 16.9 Å². The third-order valence-corrected chi connectivity index (χ3v) is 5.21. The van der Waals surface area contributed by atoms with Crippen molar-refractivity contribution in [3.05, 3.63) is 73.7 Å². The third-order valence-electron chi connectivity index (χ3n) is 4.47. The average Bonchev–Trinajstić information content (AvgIpc) is 3.15. The van der Waals surface area contributed by atoms with E-state index in [9.17, 15) is 22.8 Å². The highest BCUT2D eigenvalue weighted by atomic mass is 35.5. The van der Waals surface area contributed by atoms with E-state index < -0.39 is 23.3 Å². The van der Waals surface area contributed by atoms with Crippen molar-refractivity contribution < 1.29 is 22.7 Å². The fourth-order valence-corrected chi connectivity index (χ4v) is 3.35. The molecule has 3 aromatic rings. The third kappa shape index (κ3) is 4.77. The van der Waals surface area contributed by atoms with Gasteiger partial charge in [-0.15, -0.1) is 0 Å². The molecule has 0 aliphatic rings. The van der Waals surface area contributed by atoms with Gasteiger partial charge in [0, 0.05) is 30.6 Å². The first kappa shape index (κ1) is 22.9. The van der Waals surface area contributed by atoms with Crippen molar-refractivity contribution in [1.29, 1.82) is 0 Å². The number of benzene rings is 1. The summed E-state index contributed by atoms with van der Waals surface area (Å²) >= 11 is 12.1. The van der Waals surface area contributed by atoms with Crippen molar-refractivity contribution in [1.82, 2.24) is 14.3 Å². The number of pyridine rings is 1. The van der Waals surface area contributed by atoms with Gasteiger partial charge >= 0.3 is 12.1 Å². The van der Waals surface area contributed by atoms with E-state index in [2.05, 4.69) is 5.10 Å². The summed E-state index contributed by atoms with van der Waals surface area (Å²) in [5, 5.41) is 3.99. The average molecular weight is 474 g/mol. The monoisotopic (exact) mass is 473 g/mol. The normalized spacial score (nSPS) is 11.6. The Morgan fingerprint density at radius 2 is 1.87 bits per heavy atom. The second kappa shape index (κ2) is 8.76. The summed E-state index contributed by atoms with van der Waals surface area (Å²) in [6.45, 7) is 1.52. The minimum absolute atomic E-state index is 0.0536. The van der Waals surface area contributed by atoms with Gasteiger partial charge in [-0.05, 0) is 25.1 Å². The Hall–Kier alpha value is -2.78. The van der Waals surface area contributed by atoms with Crippen molar-refractivity contribution in [2.45, 2.75) is 19.6 Å². The molecule has 0 saturated heterocycles. The van der Waals surface area contributed by atoms with E-state index in [1.54, 1.807) is 20.0 Å². The van der Waals surface area contributed by atoms with Crippen LogP contribution in [0.15, 0.2) is 41.3 Å². The molecule has 0 aliphatic heterocycles. The SMILES string of the molecule is CCOC(=O)c1c(-c2ccc(Cl)c(Cl)c2)n(C)c(Cn2ccc(C(F)(F)F)n2)cc1=O. The first-order chi connectivity index (χ1) is 14.5. The minimum atomic E-state index is -4.59. The van der Waals surface area contributed by atoms with E-state index >= 15 is 0 Å². The summed E-state index contributed by atoms with van der Waals surface area (Å²) < 4.78 is 46.1. The predicted molar refractivity (Wildman–Crippen MR) is 109 cm³/mol. The molecule has 1 aromatic carbocycles. The van der Waals surface area contributed by atoms with Gasteiger partial charge in [-0.2, -0.15) is 18.3 Å². The largest absolute Gasteiger partial charge is 0.462 e. The molecule has 0 unspecified atom stereocenters. The van der Waals surface area contributed by atoms with Crippen LogP contribution >= 0.6 is 23.2 Å². The predicted octanol–water partition coefficient (Wildman–Crippen LogP) is 4.80. The summed E-state index contributed by atoms with van der Waals surface area (Å²) in [6.07, 6.45) is -3.43. The molecule has 0 atom stereocenters. The molecular weight excluding hydrogens is 458 g/mol. The fraction of sp³-hybridized carbons (Fsp3) is 0.250. The van der Waals surface area contributed by atoms with Gasteiger partial charge in [0.1, 0.15) is 5.56 Å². The fourth-order valence-electron chi connectivity index (χ4n) is 3.05. The van der Waals surface area contributed by atoms with Gasteiger partial charge in [0.2, 0.25) is 0 Å². The molecule has 0 aliphatic carbocycles. The van der Waals surface area contributed by atoms with Crippen LogP contribution in [0.5, 0.6) is 0 Å². The lowest BCUT2D eigenvalue weighted by Gasteiger charge is -2.18. The molecule has 0 saturated carbocycles. The van der Waals surface area contributed by atoms with Crippen molar-refractivity contribution in [3.63, 3.8) is 0 Å². The first-order valence-electron chi connectivity index (χ1n) is 8.99. The molecular formula is C20H16Cl2F3N3O3. The minimum Gasteiger partial charge on any atom is -0.462 e. The van der Waals surface area contributed by atoms with E-state index in [-0.39, 0.29) is 34.5 Å². The van der Waals surface area contributed by atoms with E-state index in [0.29, 0.717) is 11.3 Å². The van der Waals surface area contributed by atoms with Gasteiger partial charge in [-0.3, -0.25) is 9.48 Å². The number of aromatic nitrogens is 3. The van der Waals surface area contributed by atoms with E-state index in [1.807, 2.05) is 0 Å². The van der Waals surface area contributed by atoms with Crippen LogP contribution in [-0.2, 0) is 24.5 Å². The van der Waals surface area contributed by atoms with Gasteiger partial charge in [0.25, 0.3) is 0 Å². The van der Waals surface area contributed by atoms with Crippen molar-refractivity contribution in [2.24, 2.45) is 7.05 Å². The van der Waals surface area contributed by atoms with Crippen molar-refractivity contribution in [2.75, 3.05) is 6.61 Å². The molecule has 164 valence electrons. The van der Waals surface area contributed by atoms with Gasteiger partial charge in [-0.1, -0.05) is 29.3 Å². The maximum atomic E-state index is 12.8. The van der Waals surface area contributed by atoms with Crippen LogP contribution in [-0.4, -0.2) is 26.9 Å². The maximum Gasteiger partial charge on any atom is 0.435 e. The molecule has 0 bridgehead atoms. The summed E-state index contributed by atoms with van der Waals surface area (Å²) in [6, 6.07) is 6.58. The number of halogens is 5. The Kier molecular flexibility index (Phi) is 6.47. The molecule has 0 radical (unpaired) electrons. The molecule has 6 nitrogen and oxygen atoms in total. The number of alkyl halides is 3. The zero-order valence-corrected chi connectivity index (χ0v) is 17.8. The molecule has 3 rings (SSSR count). The molecule has 0 spiro atoms. The number of rotatable bonds is 5. The van der Waals surface area contributed by atoms with Crippen molar-refractivity contribution in [3.8, 4) is 11.3 Å². The van der Waals surface area contributed by atoms with Crippen molar-refractivity contribution >= 4 is 29.2 Å². The highest BCUT2D eigenvalue weighted by Crippen LogP contribution is 2.31. The standard InChI is InChI=1S/C20H16Cl2F3N3O3/c1-3-31-19(30)17-15(29)9-12(10-28-7-6-16(26-28)20(23,24)25)27(2)18(17)11-4-5-13(21)14(22)8-11/h4-9H,3,10H2,1-2H3. The molecule has 0 amide bonds. The number of carbonyl (C=O) groups is 1. The molecule has 31 heavy (non-hydrogen) atoms. The first-order valence-corrected chi connectivity index (χ1v) is 9.74. The maximum absolute atomic E-state index is 12.8. The molecule has 11 heteroatoms. The second-order valence-electron chi connectivity index (χ2n) is 6.53. The number of hydrogen-bond donors (Lipinski definition) is 0. The molecule has 2 heterocycles. The summed E-state index contributed by atoms with van der Waals surface area (Å²) in [7, 11) is 1.57. The highest BCUT2D eigenvalue weighted by Gasteiger charge is 2.33. The number of hydrogen-bond acceptors (Lipinski definition) is 4. The van der Waals surface area contributed by atoms with E-state index in [4.69, 9.17) is 27.9 Å². The van der Waals surface area contributed by atoms with Crippen LogP contribution in [0.2, 0.25) is 10.0 Å². The quantitative estimate of drug-likeness (QED) is 0.499. The van der Waals surface area contributed by atoms with Crippen LogP contribution in [0, 0.1) is 0 Å². The number of esters is 1. The summed E-state index contributed by atoms with van der Waals surface area (Å²) in [5.41, 5.74) is -0.988. The Bertz CT molecular complexity index is 1200. The Balaban J connectivity index is 2.17. The van der Waals surface area contributed by atoms with Gasteiger partial charge in [0.15, 0.2) is 11.1 Å². The highest BCUT2D eigenvalue weighted by molar-refractivity contribution is 6.42. The topological polar surface area (TPSA) is 66.1 Å². The Labute approximate surface area is 184 Å². The van der Waals surface area contributed by atoms with E-state index in [1.165, 1.54) is 22.8 Å². The van der Waals surface area contributed by atoms with Crippen LogP contribution in [0.25, 0.3) is 11.3 Å². The van der Waals surface area contributed by atoms with Crippen LogP contribution in [0.1, 0.15) is 28.7 Å². The number of ether oxygens (including phenoxy) is 1. The van der Waals surface area contributed by atoms with Crippen LogP contribution < -0.4 is 5.43 Å². The van der Waals surface area contributed by atoms with Crippen LogP contribution in [0.3, 0.4) is 0 Å². The van der Waals surface area contributed by atoms with Crippen LogP contribution in [0.4, 0.5) is 13.2 Å². The number of carbonyl (C=O) groups excluding carboxylic acids is 1. The lowest BCUT2D eigenvalue weighted by molar-refractivity contribution is -0.141. The number of nitrogens with zero attached hydrogens (tertiary/aromatic N) is 3. The molecule has 2 aromatic heterocycles. The summed E-state index contributed by atoms with van der Waals surface area (Å²) in [4.78, 5) is 25.3. The Morgan fingerprint density at radius 3 is 2.45 bits per heavy atom. The lowest BCUT2D eigenvalue weighted by Crippen LogP contribution is -2.25. The smallest absolute Gasteiger partial charge is 0.435 e. The van der Waals surface area contributed by atoms with Gasteiger partial charge in [0.05, 0.1) is 28.9 Å². The zero-order chi connectivity index (χ0) is 22.9. The molecule has 0 fully saturated rings. The zero-order valence-electron chi connectivity index (χ0n) is 16.3. The molecule has 0 N–H and O–H groups in total. The van der Waals surface area contributed by atoms with Gasteiger partial charge in [-0.25, -0.2) is 4.79 Å². The second-order valence-corrected chi connectivity index (χ2v) is 7.34. The summed E-state index contributed by atoms with van der Waals surface area (Å²) in [5.74, 6) is -0.825. The van der Waals surface area contributed by atoms with Gasteiger partial charge < -0.3 is 9.30 Å². The Morgan fingerprint density at radius 1 is 1.16 bits per heavy atom.